The maximum atomic E-state index is 5.37. The second kappa shape index (κ2) is 6.76. The van der Waals surface area contributed by atoms with E-state index in [9.17, 15) is 0 Å². The van der Waals surface area contributed by atoms with Crippen molar-refractivity contribution in [1.29, 1.82) is 0 Å². The van der Waals surface area contributed by atoms with E-state index in [2.05, 4.69) is 35.3 Å². The van der Waals surface area contributed by atoms with E-state index in [-0.39, 0.29) is 0 Å². The van der Waals surface area contributed by atoms with E-state index in [1.807, 2.05) is 0 Å². The van der Waals surface area contributed by atoms with Crippen LogP contribution >= 0.6 is 0 Å². The first-order valence-electron chi connectivity index (χ1n) is 6.91. The van der Waals surface area contributed by atoms with Crippen LogP contribution in [-0.2, 0) is 12.8 Å². The summed E-state index contributed by atoms with van der Waals surface area (Å²) in [5, 5.41) is 3.39. The highest BCUT2D eigenvalue weighted by atomic mass is 16.5. The monoisotopic (exact) mass is 248 g/mol. The SMILES string of the molecule is CCc1cc(CCN2CCNCC2)cc(OC)c1. The molecule has 0 spiro atoms. The zero-order valence-electron chi connectivity index (χ0n) is 11.5. The van der Waals surface area contributed by atoms with Gasteiger partial charge in [-0.05, 0) is 36.1 Å². The van der Waals surface area contributed by atoms with Crippen molar-refractivity contribution >= 4 is 0 Å². The molecule has 3 nitrogen and oxygen atoms in total. The molecular formula is C15H24N2O. The number of ether oxygens (including phenoxy) is 1. The third-order valence-electron chi connectivity index (χ3n) is 3.60. The summed E-state index contributed by atoms with van der Waals surface area (Å²) in [5.41, 5.74) is 2.76. The largest absolute Gasteiger partial charge is 0.497 e. The first kappa shape index (κ1) is 13.4. The van der Waals surface area contributed by atoms with Crippen molar-refractivity contribution in [1.82, 2.24) is 10.2 Å². The Morgan fingerprint density at radius 2 is 1.89 bits per heavy atom. The Hall–Kier alpha value is -1.06. The van der Waals surface area contributed by atoms with E-state index in [0.717, 1.165) is 38.2 Å². The standard InChI is InChI=1S/C15H24N2O/c1-3-13-10-14(12-15(11-13)18-2)4-7-17-8-5-16-6-9-17/h10-12,16H,3-9H2,1-2H3. The number of hydrogen-bond donors (Lipinski definition) is 1. The molecule has 0 aliphatic carbocycles. The van der Waals surface area contributed by atoms with Crippen LogP contribution in [0.25, 0.3) is 0 Å². The number of piperazine rings is 1. The first-order chi connectivity index (χ1) is 8.81. The summed E-state index contributed by atoms with van der Waals surface area (Å²) in [7, 11) is 1.74. The van der Waals surface area contributed by atoms with Gasteiger partial charge in [-0.2, -0.15) is 0 Å². The Kier molecular flexibility index (Phi) is 5.02. The molecule has 2 rings (SSSR count). The maximum absolute atomic E-state index is 5.37. The Morgan fingerprint density at radius 1 is 1.17 bits per heavy atom. The summed E-state index contributed by atoms with van der Waals surface area (Å²) in [6.07, 6.45) is 2.18. The van der Waals surface area contributed by atoms with Crippen molar-refractivity contribution in [2.75, 3.05) is 39.8 Å². The molecule has 0 aromatic heterocycles. The predicted molar refractivity (Wildman–Crippen MR) is 75.4 cm³/mol. The predicted octanol–water partition coefficient (Wildman–Crippen LogP) is 1.71. The Bertz CT molecular complexity index is 351. The van der Waals surface area contributed by atoms with Crippen LogP contribution in [0.4, 0.5) is 0 Å². The number of benzene rings is 1. The van der Waals surface area contributed by atoms with Gasteiger partial charge in [-0.25, -0.2) is 0 Å². The summed E-state index contributed by atoms with van der Waals surface area (Å²) in [4.78, 5) is 2.53. The summed E-state index contributed by atoms with van der Waals surface area (Å²) in [5.74, 6) is 0.990. The van der Waals surface area contributed by atoms with Gasteiger partial charge in [0.15, 0.2) is 0 Å². The van der Waals surface area contributed by atoms with Crippen LogP contribution in [0.15, 0.2) is 18.2 Å². The van der Waals surface area contributed by atoms with Crippen molar-refractivity contribution in [3.63, 3.8) is 0 Å². The summed E-state index contributed by atoms with van der Waals surface area (Å²) in [6, 6.07) is 6.61. The molecule has 0 radical (unpaired) electrons. The molecule has 0 amide bonds. The highest BCUT2D eigenvalue weighted by Gasteiger charge is 2.09. The zero-order chi connectivity index (χ0) is 12.8. The normalized spacial score (nSPS) is 16.8. The number of hydrogen-bond acceptors (Lipinski definition) is 3. The molecule has 0 atom stereocenters. The molecule has 18 heavy (non-hydrogen) atoms. The van der Waals surface area contributed by atoms with Gasteiger partial charge in [-0.1, -0.05) is 13.0 Å². The highest BCUT2D eigenvalue weighted by Crippen LogP contribution is 2.18. The second-order valence-corrected chi connectivity index (χ2v) is 4.88. The van der Waals surface area contributed by atoms with Crippen molar-refractivity contribution in [3.05, 3.63) is 29.3 Å². The molecule has 1 aliphatic heterocycles. The third kappa shape index (κ3) is 3.72. The number of aryl methyl sites for hydroxylation is 1. The molecule has 3 heteroatoms. The van der Waals surface area contributed by atoms with Crippen molar-refractivity contribution in [3.8, 4) is 5.75 Å². The smallest absolute Gasteiger partial charge is 0.119 e. The van der Waals surface area contributed by atoms with Gasteiger partial charge in [-0.15, -0.1) is 0 Å². The lowest BCUT2D eigenvalue weighted by molar-refractivity contribution is 0.244. The molecule has 0 unspecified atom stereocenters. The molecule has 1 aliphatic rings. The highest BCUT2D eigenvalue weighted by molar-refractivity contribution is 5.34. The number of nitrogens with one attached hydrogen (secondary N) is 1. The van der Waals surface area contributed by atoms with Gasteiger partial charge in [0, 0.05) is 32.7 Å². The minimum absolute atomic E-state index is 0.990. The van der Waals surface area contributed by atoms with Gasteiger partial charge in [0.25, 0.3) is 0 Å². The van der Waals surface area contributed by atoms with Crippen LogP contribution in [0.1, 0.15) is 18.1 Å². The van der Waals surface area contributed by atoms with E-state index in [1.54, 1.807) is 7.11 Å². The molecular weight excluding hydrogens is 224 g/mol. The lowest BCUT2D eigenvalue weighted by atomic mass is 10.1. The Balaban J connectivity index is 1.94. The van der Waals surface area contributed by atoms with Gasteiger partial charge in [0.2, 0.25) is 0 Å². The van der Waals surface area contributed by atoms with Gasteiger partial charge < -0.3 is 15.0 Å². The van der Waals surface area contributed by atoms with E-state index < -0.39 is 0 Å². The van der Waals surface area contributed by atoms with Crippen LogP contribution in [0, 0.1) is 0 Å². The quantitative estimate of drug-likeness (QED) is 0.858. The number of nitrogens with zero attached hydrogens (tertiary/aromatic N) is 1. The Morgan fingerprint density at radius 3 is 2.56 bits per heavy atom. The zero-order valence-corrected chi connectivity index (χ0v) is 11.5. The van der Waals surface area contributed by atoms with E-state index in [0.29, 0.717) is 0 Å². The van der Waals surface area contributed by atoms with Gasteiger partial charge in [0.05, 0.1) is 7.11 Å². The fourth-order valence-corrected chi connectivity index (χ4v) is 2.42. The van der Waals surface area contributed by atoms with Crippen molar-refractivity contribution in [2.24, 2.45) is 0 Å². The molecule has 1 aromatic carbocycles. The fraction of sp³-hybridized carbons (Fsp3) is 0.600. The molecule has 100 valence electrons. The minimum Gasteiger partial charge on any atom is -0.497 e. The summed E-state index contributed by atoms with van der Waals surface area (Å²) in [6.45, 7) is 7.93. The van der Waals surface area contributed by atoms with Gasteiger partial charge in [0.1, 0.15) is 5.75 Å². The van der Waals surface area contributed by atoms with E-state index >= 15 is 0 Å². The second-order valence-electron chi connectivity index (χ2n) is 4.88. The molecule has 1 heterocycles. The lowest BCUT2D eigenvalue weighted by Crippen LogP contribution is -2.44. The van der Waals surface area contributed by atoms with Crippen molar-refractivity contribution < 1.29 is 4.74 Å². The lowest BCUT2D eigenvalue weighted by Gasteiger charge is -2.27. The number of rotatable bonds is 5. The molecule has 1 aromatic rings. The fourth-order valence-electron chi connectivity index (χ4n) is 2.42. The van der Waals surface area contributed by atoms with Crippen LogP contribution in [0.2, 0.25) is 0 Å². The molecule has 0 bridgehead atoms. The van der Waals surface area contributed by atoms with Crippen LogP contribution in [-0.4, -0.2) is 44.7 Å². The summed E-state index contributed by atoms with van der Waals surface area (Å²) < 4.78 is 5.37. The first-order valence-corrected chi connectivity index (χ1v) is 6.91. The van der Waals surface area contributed by atoms with Crippen LogP contribution in [0.5, 0.6) is 5.75 Å². The summed E-state index contributed by atoms with van der Waals surface area (Å²) >= 11 is 0. The van der Waals surface area contributed by atoms with Gasteiger partial charge >= 0.3 is 0 Å². The minimum atomic E-state index is 0.990. The average Bonchev–Trinajstić information content (AvgIpc) is 2.45. The van der Waals surface area contributed by atoms with Gasteiger partial charge in [-0.3, -0.25) is 0 Å². The third-order valence-corrected chi connectivity index (χ3v) is 3.60. The molecule has 1 N–H and O–H groups in total. The molecule has 0 saturated carbocycles. The van der Waals surface area contributed by atoms with Crippen molar-refractivity contribution in [2.45, 2.75) is 19.8 Å². The Labute approximate surface area is 110 Å². The van der Waals surface area contributed by atoms with E-state index in [4.69, 9.17) is 4.74 Å². The maximum Gasteiger partial charge on any atom is 0.119 e. The molecule has 1 saturated heterocycles. The van der Waals surface area contributed by atoms with Crippen LogP contribution < -0.4 is 10.1 Å². The average molecular weight is 248 g/mol. The van der Waals surface area contributed by atoms with Crippen LogP contribution in [0.3, 0.4) is 0 Å². The number of methoxy groups -OCH3 is 1. The topological polar surface area (TPSA) is 24.5 Å². The molecule has 1 fully saturated rings. The van der Waals surface area contributed by atoms with E-state index in [1.165, 1.54) is 24.2 Å².